The van der Waals surface area contributed by atoms with Crippen LogP contribution in [0.4, 0.5) is 0 Å². The smallest absolute Gasteiger partial charge is 0.243 e. The highest BCUT2D eigenvalue weighted by Crippen LogP contribution is 2.19. The Hall–Kier alpha value is -3.12. The van der Waals surface area contributed by atoms with Gasteiger partial charge in [0.15, 0.2) is 0 Å². The number of carbonyl (C=O) groups excluding carboxylic acids is 2. The van der Waals surface area contributed by atoms with Crippen LogP contribution in [0.25, 0.3) is 0 Å². The topological polar surface area (TPSA) is 58.6 Å². The number of amides is 2. The van der Waals surface area contributed by atoms with Crippen LogP contribution in [0.15, 0.2) is 83.3 Å². The lowest BCUT2D eigenvalue weighted by Gasteiger charge is -2.32. The van der Waals surface area contributed by atoms with Crippen molar-refractivity contribution in [3.05, 3.63) is 100 Å². The van der Waals surface area contributed by atoms with Crippen molar-refractivity contribution in [2.75, 3.05) is 13.7 Å². The fourth-order valence-electron chi connectivity index (χ4n) is 3.78. The van der Waals surface area contributed by atoms with E-state index in [0.717, 1.165) is 26.9 Å². The summed E-state index contributed by atoms with van der Waals surface area (Å²) in [5.74, 6) is 0.815. The second-order valence-corrected chi connectivity index (χ2v) is 9.93. The molecule has 2 amide bonds. The highest BCUT2D eigenvalue weighted by Gasteiger charge is 2.30. The van der Waals surface area contributed by atoms with E-state index in [4.69, 9.17) is 4.74 Å². The molecule has 0 saturated heterocycles. The average Bonchev–Trinajstić information content (AvgIpc) is 2.86. The first-order chi connectivity index (χ1) is 16.9. The van der Waals surface area contributed by atoms with Gasteiger partial charge in [0.25, 0.3) is 0 Å². The second-order valence-electron chi connectivity index (χ2n) is 9.02. The van der Waals surface area contributed by atoms with E-state index in [9.17, 15) is 9.59 Å². The molecule has 0 aliphatic heterocycles. The number of ether oxygens (including phenoxy) is 1. The molecule has 0 aliphatic carbocycles. The van der Waals surface area contributed by atoms with Crippen LogP contribution in [-0.2, 0) is 29.0 Å². The number of nitrogens with zero attached hydrogens (tertiary/aromatic N) is 1. The summed E-state index contributed by atoms with van der Waals surface area (Å²) in [4.78, 5) is 28.9. The van der Waals surface area contributed by atoms with Gasteiger partial charge in [-0.3, -0.25) is 9.59 Å². The average molecular weight is 537 g/mol. The van der Waals surface area contributed by atoms with Crippen LogP contribution in [-0.4, -0.2) is 36.4 Å². The van der Waals surface area contributed by atoms with Gasteiger partial charge in [-0.15, -0.1) is 0 Å². The summed E-state index contributed by atoms with van der Waals surface area (Å²) < 4.78 is 6.21. The predicted molar refractivity (Wildman–Crippen MR) is 143 cm³/mol. The Labute approximate surface area is 216 Å². The van der Waals surface area contributed by atoms with Crippen LogP contribution in [0, 0.1) is 5.92 Å². The summed E-state index contributed by atoms with van der Waals surface area (Å²) in [7, 11) is 1.62. The molecule has 0 fully saturated rings. The zero-order valence-electron chi connectivity index (χ0n) is 20.5. The van der Waals surface area contributed by atoms with Gasteiger partial charge in [-0.25, -0.2) is 0 Å². The van der Waals surface area contributed by atoms with Gasteiger partial charge < -0.3 is 15.0 Å². The summed E-state index contributed by atoms with van der Waals surface area (Å²) >= 11 is 3.47. The van der Waals surface area contributed by atoms with Crippen LogP contribution in [0.3, 0.4) is 0 Å². The minimum atomic E-state index is -0.634. The van der Waals surface area contributed by atoms with Crippen molar-refractivity contribution in [2.24, 2.45) is 5.92 Å². The van der Waals surface area contributed by atoms with Gasteiger partial charge in [-0.05, 0) is 46.9 Å². The Kier molecular flexibility index (Phi) is 9.91. The van der Waals surface area contributed by atoms with E-state index >= 15 is 0 Å². The molecule has 0 bridgehead atoms. The van der Waals surface area contributed by atoms with E-state index in [2.05, 4.69) is 35.1 Å². The molecule has 0 spiro atoms. The summed E-state index contributed by atoms with van der Waals surface area (Å²) in [6, 6.07) is 24.5. The summed E-state index contributed by atoms with van der Waals surface area (Å²) in [5, 5.41) is 3.05. The van der Waals surface area contributed by atoms with Gasteiger partial charge in [0, 0.05) is 24.0 Å². The normalized spacial score (nSPS) is 11.7. The molecule has 35 heavy (non-hydrogen) atoms. The van der Waals surface area contributed by atoms with Crippen molar-refractivity contribution < 1.29 is 14.3 Å². The van der Waals surface area contributed by atoms with Crippen molar-refractivity contribution in [1.29, 1.82) is 0 Å². The molecular formula is C29H33BrN2O3. The van der Waals surface area contributed by atoms with Gasteiger partial charge in [0.1, 0.15) is 11.8 Å². The zero-order chi connectivity index (χ0) is 25.2. The van der Waals surface area contributed by atoms with Crippen LogP contribution >= 0.6 is 15.9 Å². The molecule has 0 saturated carbocycles. The summed E-state index contributed by atoms with van der Waals surface area (Å²) in [5.41, 5.74) is 2.85. The molecular weight excluding hydrogens is 504 g/mol. The third-order valence-corrected chi connectivity index (χ3v) is 6.26. The predicted octanol–water partition coefficient (Wildman–Crippen LogP) is 5.41. The molecule has 1 N–H and O–H groups in total. The number of carbonyl (C=O) groups is 2. The molecule has 3 aromatic carbocycles. The third-order valence-electron chi connectivity index (χ3n) is 5.74. The number of hydrogen-bond acceptors (Lipinski definition) is 3. The van der Waals surface area contributed by atoms with Gasteiger partial charge in [0.05, 0.1) is 13.5 Å². The Morgan fingerprint density at radius 3 is 2.11 bits per heavy atom. The quantitative estimate of drug-likeness (QED) is 0.356. The Morgan fingerprint density at radius 1 is 0.886 bits per heavy atom. The molecule has 0 heterocycles. The van der Waals surface area contributed by atoms with Crippen molar-refractivity contribution in [2.45, 2.75) is 39.3 Å². The minimum absolute atomic E-state index is 0.0984. The van der Waals surface area contributed by atoms with Crippen LogP contribution in [0.1, 0.15) is 30.5 Å². The molecule has 3 aromatic rings. The summed E-state index contributed by atoms with van der Waals surface area (Å²) in [6.45, 7) is 5.01. The molecule has 5 nitrogen and oxygen atoms in total. The van der Waals surface area contributed by atoms with Crippen LogP contribution < -0.4 is 10.1 Å². The van der Waals surface area contributed by atoms with E-state index in [1.165, 1.54) is 0 Å². The number of hydrogen-bond donors (Lipinski definition) is 1. The molecule has 0 aromatic heterocycles. The number of halogens is 1. The largest absolute Gasteiger partial charge is 0.497 e. The van der Waals surface area contributed by atoms with Gasteiger partial charge in [-0.2, -0.15) is 0 Å². The highest BCUT2D eigenvalue weighted by molar-refractivity contribution is 9.10. The van der Waals surface area contributed by atoms with E-state index in [1.807, 2.05) is 78.9 Å². The molecule has 3 rings (SSSR count). The second kappa shape index (κ2) is 13.1. The molecule has 0 radical (unpaired) electrons. The third kappa shape index (κ3) is 8.25. The van der Waals surface area contributed by atoms with Crippen molar-refractivity contribution in [3.63, 3.8) is 0 Å². The van der Waals surface area contributed by atoms with Crippen molar-refractivity contribution in [1.82, 2.24) is 10.2 Å². The molecule has 1 atom stereocenters. The number of rotatable bonds is 11. The SMILES string of the molecule is COc1ccc(CC(=O)N(Cc2ccc(Br)cc2)[C@H](Cc2ccccc2)C(=O)NCC(C)C)cc1. The Morgan fingerprint density at radius 2 is 1.51 bits per heavy atom. The van der Waals surface area contributed by atoms with Crippen LogP contribution in [0.5, 0.6) is 5.75 Å². The first kappa shape index (κ1) is 26.5. The monoisotopic (exact) mass is 536 g/mol. The van der Waals surface area contributed by atoms with E-state index in [0.29, 0.717) is 25.4 Å². The van der Waals surface area contributed by atoms with Gasteiger partial charge >= 0.3 is 0 Å². The van der Waals surface area contributed by atoms with Gasteiger partial charge in [0.2, 0.25) is 11.8 Å². The molecule has 0 unspecified atom stereocenters. The number of methoxy groups -OCH3 is 1. The maximum absolute atomic E-state index is 13.7. The Bertz CT molecular complexity index is 1080. The maximum Gasteiger partial charge on any atom is 0.243 e. The maximum atomic E-state index is 13.7. The van der Waals surface area contributed by atoms with Crippen molar-refractivity contribution >= 4 is 27.7 Å². The lowest BCUT2D eigenvalue weighted by Crippen LogP contribution is -2.51. The van der Waals surface area contributed by atoms with E-state index in [1.54, 1.807) is 12.0 Å². The fraction of sp³-hybridized carbons (Fsp3) is 0.310. The zero-order valence-corrected chi connectivity index (χ0v) is 22.1. The number of nitrogens with one attached hydrogen (secondary N) is 1. The Balaban J connectivity index is 1.93. The first-order valence-electron chi connectivity index (χ1n) is 11.8. The number of benzene rings is 3. The van der Waals surface area contributed by atoms with Gasteiger partial charge in [-0.1, -0.05) is 84.4 Å². The highest BCUT2D eigenvalue weighted by atomic mass is 79.9. The molecule has 0 aliphatic rings. The first-order valence-corrected chi connectivity index (χ1v) is 12.6. The fourth-order valence-corrected chi connectivity index (χ4v) is 4.05. The standard InChI is InChI=1S/C29H33BrN2O3/c1-21(2)19-31-29(34)27(17-22-7-5-4-6-8-22)32(20-24-9-13-25(30)14-10-24)28(33)18-23-11-15-26(35-3)16-12-23/h4-16,21,27H,17-20H2,1-3H3,(H,31,34)/t27-/m1/s1. The van der Waals surface area contributed by atoms with E-state index < -0.39 is 6.04 Å². The summed E-state index contributed by atoms with van der Waals surface area (Å²) in [6.07, 6.45) is 0.638. The van der Waals surface area contributed by atoms with Crippen LogP contribution in [0.2, 0.25) is 0 Å². The lowest BCUT2D eigenvalue weighted by molar-refractivity contribution is -0.140. The van der Waals surface area contributed by atoms with E-state index in [-0.39, 0.29) is 18.2 Å². The molecule has 6 heteroatoms. The molecule has 184 valence electrons. The van der Waals surface area contributed by atoms with Crippen molar-refractivity contribution in [3.8, 4) is 5.75 Å². The minimum Gasteiger partial charge on any atom is -0.497 e. The lowest BCUT2D eigenvalue weighted by atomic mass is 10.0.